The summed E-state index contributed by atoms with van der Waals surface area (Å²) in [6.45, 7) is 0. The van der Waals surface area contributed by atoms with E-state index in [1.807, 2.05) is 24.3 Å². The molecule has 2 aromatic carbocycles. The molecular weight excluding hydrogens is 498 g/mol. The van der Waals surface area contributed by atoms with Crippen LogP contribution in [0.25, 0.3) is 0 Å². The molecule has 3 aliphatic rings. The van der Waals surface area contributed by atoms with Crippen molar-refractivity contribution in [3.63, 3.8) is 0 Å². The van der Waals surface area contributed by atoms with Crippen molar-refractivity contribution in [2.75, 3.05) is 17.1 Å². The quantitative estimate of drug-likeness (QED) is 0.440. The molecule has 182 valence electrons. The Morgan fingerprint density at radius 3 is 2.47 bits per heavy atom. The van der Waals surface area contributed by atoms with Crippen LogP contribution in [0.1, 0.15) is 40.5 Å². The van der Waals surface area contributed by atoms with Crippen molar-refractivity contribution < 1.29 is 19.2 Å². The van der Waals surface area contributed by atoms with E-state index in [1.165, 1.54) is 16.2 Å². The predicted molar refractivity (Wildman–Crippen MR) is 136 cm³/mol. The molecule has 0 unspecified atom stereocenters. The average Bonchev–Trinajstić information content (AvgIpc) is 3.54. The molecule has 2 amide bonds. The van der Waals surface area contributed by atoms with Gasteiger partial charge in [0, 0.05) is 9.90 Å². The number of ether oxygens (including phenoxy) is 1. The van der Waals surface area contributed by atoms with E-state index in [9.17, 15) is 14.9 Å². The summed E-state index contributed by atoms with van der Waals surface area (Å²) in [5, 5.41) is 12.6. The summed E-state index contributed by atoms with van der Waals surface area (Å²) in [7, 11) is 1.59. The van der Waals surface area contributed by atoms with Gasteiger partial charge in [-0.3, -0.25) is 14.4 Å². The molecule has 0 bridgehead atoms. The Morgan fingerprint density at radius 1 is 1.06 bits per heavy atom. The van der Waals surface area contributed by atoms with Gasteiger partial charge in [0.15, 0.2) is 6.10 Å². The van der Waals surface area contributed by atoms with Crippen molar-refractivity contribution in [2.24, 2.45) is 5.92 Å². The number of hydrogen-bond donors (Lipinski definition) is 0. The molecule has 2 saturated heterocycles. The van der Waals surface area contributed by atoms with Gasteiger partial charge >= 0.3 is 0 Å². The van der Waals surface area contributed by atoms with E-state index in [2.05, 4.69) is 6.07 Å². The molecule has 3 atom stereocenters. The summed E-state index contributed by atoms with van der Waals surface area (Å²) in [4.78, 5) is 36.2. The van der Waals surface area contributed by atoms with Gasteiger partial charge in [0.2, 0.25) is 5.91 Å². The van der Waals surface area contributed by atoms with Crippen LogP contribution in [0.15, 0.2) is 48.5 Å². The number of nitriles is 1. The number of hydroxylamine groups is 1. The molecule has 3 heterocycles. The second-order valence-corrected chi connectivity index (χ2v) is 10.6. The number of amides is 2. The lowest BCUT2D eigenvalue weighted by atomic mass is 9.90. The lowest BCUT2D eigenvalue weighted by Gasteiger charge is -2.28. The van der Waals surface area contributed by atoms with Crippen LogP contribution in [0.4, 0.5) is 10.7 Å². The number of carbonyl (C=O) groups is 2. The van der Waals surface area contributed by atoms with Crippen LogP contribution in [0.3, 0.4) is 0 Å². The Hall–Kier alpha value is -3.38. The van der Waals surface area contributed by atoms with Crippen molar-refractivity contribution >= 4 is 45.4 Å². The van der Waals surface area contributed by atoms with Gasteiger partial charge in [-0.05, 0) is 73.2 Å². The van der Waals surface area contributed by atoms with E-state index in [1.54, 1.807) is 36.4 Å². The maximum Gasteiger partial charge on any atom is 0.267 e. The lowest BCUT2D eigenvalue weighted by Crippen LogP contribution is -2.37. The van der Waals surface area contributed by atoms with Crippen molar-refractivity contribution in [3.05, 3.63) is 75.1 Å². The summed E-state index contributed by atoms with van der Waals surface area (Å²) in [5.41, 5.74) is 2.93. The number of methoxy groups -OCH3 is 1. The number of anilines is 2. The van der Waals surface area contributed by atoms with Gasteiger partial charge in [0.1, 0.15) is 22.7 Å². The molecule has 0 saturated carbocycles. The minimum absolute atomic E-state index is 0.350. The molecule has 36 heavy (non-hydrogen) atoms. The molecule has 1 aliphatic carbocycles. The van der Waals surface area contributed by atoms with Gasteiger partial charge in [-0.1, -0.05) is 23.7 Å². The first kappa shape index (κ1) is 23.0. The Balaban J connectivity index is 1.43. The first-order valence-corrected chi connectivity index (χ1v) is 13.0. The molecule has 9 heteroatoms. The smallest absolute Gasteiger partial charge is 0.267 e. The number of benzene rings is 2. The first-order chi connectivity index (χ1) is 17.5. The number of nitrogens with zero attached hydrogens (tertiary/aromatic N) is 3. The second-order valence-electron chi connectivity index (χ2n) is 9.09. The topological polar surface area (TPSA) is 82.9 Å². The number of hydrogen-bond acceptors (Lipinski definition) is 7. The molecule has 2 aliphatic heterocycles. The van der Waals surface area contributed by atoms with Crippen LogP contribution in [-0.4, -0.2) is 25.0 Å². The third kappa shape index (κ3) is 3.50. The van der Waals surface area contributed by atoms with Crippen LogP contribution in [0.2, 0.25) is 5.02 Å². The number of thiophene rings is 1. The summed E-state index contributed by atoms with van der Waals surface area (Å²) < 4.78 is 5.30. The van der Waals surface area contributed by atoms with E-state index in [0.29, 0.717) is 27.0 Å². The highest BCUT2D eigenvalue weighted by molar-refractivity contribution is 7.17. The largest absolute Gasteiger partial charge is 0.497 e. The normalized spacial score (nSPS) is 23.0. The standard InChI is InChI=1S/C27H22ClN3O4S/c1-34-18-12-6-15(7-13-18)23-22-24(35-31(23)17-10-8-16(28)9-11-17)26(33)30(25(22)32)27-20(14-29)19-4-2-3-5-21(19)36-27/h6-13,22-24H,2-5H2,1H3/t22-,23-,24-/m0/s1. The van der Waals surface area contributed by atoms with Crippen LogP contribution < -0.4 is 14.7 Å². The van der Waals surface area contributed by atoms with Gasteiger partial charge < -0.3 is 4.74 Å². The monoisotopic (exact) mass is 519 g/mol. The van der Waals surface area contributed by atoms with Crippen LogP contribution >= 0.6 is 22.9 Å². The zero-order valence-electron chi connectivity index (χ0n) is 19.4. The second kappa shape index (κ2) is 8.93. The molecule has 6 rings (SSSR count). The number of imide groups is 1. The molecule has 0 spiro atoms. The van der Waals surface area contributed by atoms with Crippen molar-refractivity contribution in [3.8, 4) is 11.8 Å². The van der Waals surface area contributed by atoms with E-state index >= 15 is 0 Å². The van der Waals surface area contributed by atoms with Crippen molar-refractivity contribution in [1.82, 2.24) is 0 Å². The molecule has 0 radical (unpaired) electrons. The highest BCUT2D eigenvalue weighted by Gasteiger charge is 2.61. The van der Waals surface area contributed by atoms with E-state index < -0.39 is 24.0 Å². The van der Waals surface area contributed by atoms with Crippen LogP contribution in [0, 0.1) is 17.2 Å². The fourth-order valence-electron chi connectivity index (χ4n) is 5.39. The van der Waals surface area contributed by atoms with Gasteiger partial charge in [0.05, 0.1) is 24.4 Å². The Labute approximate surface area is 217 Å². The highest BCUT2D eigenvalue weighted by atomic mass is 35.5. The number of rotatable bonds is 4. The molecule has 0 N–H and O–H groups in total. The van der Waals surface area contributed by atoms with Gasteiger partial charge in [0.25, 0.3) is 5.91 Å². The summed E-state index contributed by atoms with van der Waals surface area (Å²) in [5.74, 6) is -0.870. The maximum atomic E-state index is 14.0. The fourth-order valence-corrected chi connectivity index (χ4v) is 6.87. The SMILES string of the molecule is COc1ccc([C@H]2[C@@H]3C(=O)N(c4sc5c(c4C#N)CCCC5)C(=O)[C@H]3ON2c2ccc(Cl)cc2)cc1. The van der Waals surface area contributed by atoms with Gasteiger partial charge in [-0.15, -0.1) is 11.3 Å². The van der Waals surface area contributed by atoms with E-state index in [-0.39, 0.29) is 5.91 Å². The Morgan fingerprint density at radius 2 is 1.78 bits per heavy atom. The van der Waals surface area contributed by atoms with E-state index in [4.69, 9.17) is 21.2 Å². The molecule has 1 aromatic heterocycles. The predicted octanol–water partition coefficient (Wildman–Crippen LogP) is 5.21. The van der Waals surface area contributed by atoms with Gasteiger partial charge in [-0.2, -0.15) is 5.26 Å². The summed E-state index contributed by atoms with van der Waals surface area (Å²) >= 11 is 7.48. The number of fused-ring (bicyclic) bond motifs is 2. The summed E-state index contributed by atoms with van der Waals surface area (Å²) in [6.07, 6.45) is 2.72. The zero-order chi connectivity index (χ0) is 25.0. The van der Waals surface area contributed by atoms with E-state index in [0.717, 1.165) is 41.7 Å². The zero-order valence-corrected chi connectivity index (χ0v) is 21.0. The summed E-state index contributed by atoms with van der Waals surface area (Å²) in [6, 6.07) is 16.2. The number of halogens is 1. The fraction of sp³-hybridized carbons (Fsp3) is 0.296. The number of aryl methyl sites for hydroxylation is 1. The minimum Gasteiger partial charge on any atom is -0.497 e. The lowest BCUT2D eigenvalue weighted by molar-refractivity contribution is -0.126. The van der Waals surface area contributed by atoms with Crippen molar-refractivity contribution in [1.29, 1.82) is 5.26 Å². The van der Waals surface area contributed by atoms with Gasteiger partial charge in [-0.25, -0.2) is 9.96 Å². The Kier molecular flexibility index (Phi) is 5.72. The van der Waals surface area contributed by atoms with Crippen LogP contribution in [0.5, 0.6) is 5.75 Å². The molecule has 7 nitrogen and oxygen atoms in total. The Bertz CT molecular complexity index is 1400. The molecular formula is C27H22ClN3O4S. The highest BCUT2D eigenvalue weighted by Crippen LogP contribution is 2.50. The number of carbonyl (C=O) groups excluding carboxylic acids is 2. The third-order valence-corrected chi connectivity index (χ3v) is 8.65. The first-order valence-electron chi connectivity index (χ1n) is 11.8. The van der Waals surface area contributed by atoms with Crippen LogP contribution in [-0.2, 0) is 27.3 Å². The molecule has 3 aromatic rings. The maximum absolute atomic E-state index is 14.0. The minimum atomic E-state index is -0.994. The van der Waals surface area contributed by atoms with Crippen molar-refractivity contribution in [2.45, 2.75) is 37.8 Å². The average molecular weight is 520 g/mol. The molecule has 2 fully saturated rings. The third-order valence-electron chi connectivity index (χ3n) is 7.12.